The quantitative estimate of drug-likeness (QED) is 0.0819. The first-order valence-corrected chi connectivity index (χ1v) is 24.0. The fourth-order valence-corrected chi connectivity index (χ4v) is 10.8. The van der Waals surface area contributed by atoms with Crippen LogP contribution in [0.15, 0.2) is 72.9 Å². The zero-order valence-electron chi connectivity index (χ0n) is 39.5. The van der Waals surface area contributed by atoms with E-state index in [4.69, 9.17) is 10.1 Å². The van der Waals surface area contributed by atoms with Crippen molar-refractivity contribution in [1.29, 1.82) is 0 Å². The highest BCUT2D eigenvalue weighted by Gasteiger charge is 2.46. The molecule has 1 unspecified atom stereocenters. The second kappa shape index (κ2) is 18.3. The SMILES string of the molecule is Cc1cc(N2CC[C@](C)(c3ccccc3)C2)cn2nc(C(=O)N3CC[C@@]4(CCN(c5cc(NC(=O)CCCCC(=O)Nc6ccc7c(C8CCC(=O)NC8=O)nn(C)c7c6)cc(C(=O)O)n5)C4)C3)nc12. The molecule has 4 N–H and O–H groups in total. The maximum atomic E-state index is 14.0. The number of carboxylic acid groups (broad SMARTS) is 1. The lowest BCUT2D eigenvalue weighted by atomic mass is 9.82. The number of fused-ring (bicyclic) bond motifs is 2. The second-order valence-corrected chi connectivity index (χ2v) is 19.8. The van der Waals surface area contributed by atoms with E-state index in [0.29, 0.717) is 74.0 Å². The fraction of sp³-hybridized carbons (Fsp3) is 0.412. The third-order valence-electron chi connectivity index (χ3n) is 14.7. The number of carbonyl (C=O) groups is 6. The largest absolute Gasteiger partial charge is 0.477 e. The number of benzene rings is 2. The van der Waals surface area contributed by atoms with Crippen LogP contribution in [-0.4, -0.2) is 114 Å². The Balaban J connectivity index is 0.717. The number of aromatic carboxylic acids is 1. The number of unbranched alkanes of at least 4 members (excludes halogenated alkanes) is 1. The lowest BCUT2D eigenvalue weighted by Crippen LogP contribution is -2.39. The van der Waals surface area contributed by atoms with Crippen molar-refractivity contribution in [2.24, 2.45) is 12.5 Å². The molecule has 8 heterocycles. The minimum atomic E-state index is -1.22. The summed E-state index contributed by atoms with van der Waals surface area (Å²) in [6.45, 7) is 8.29. The molecular weight excluding hydrogens is 893 g/mol. The number of likely N-dealkylation sites (tertiary alicyclic amines) is 1. The number of aryl methyl sites for hydroxylation is 2. The fourth-order valence-electron chi connectivity index (χ4n) is 10.8. The normalized spacial score (nSPS) is 21.3. The maximum Gasteiger partial charge on any atom is 0.354 e. The van der Waals surface area contributed by atoms with Crippen LogP contribution in [0, 0.1) is 12.3 Å². The van der Waals surface area contributed by atoms with E-state index in [2.05, 4.69) is 68.2 Å². The van der Waals surface area contributed by atoms with Gasteiger partial charge >= 0.3 is 5.97 Å². The Hall–Kier alpha value is -7.70. The summed E-state index contributed by atoms with van der Waals surface area (Å²) in [5, 5.41) is 28.1. The molecule has 5 amide bonds. The van der Waals surface area contributed by atoms with Crippen LogP contribution in [-0.2, 0) is 31.6 Å². The highest BCUT2D eigenvalue weighted by Crippen LogP contribution is 2.42. The number of hydrogen-bond acceptors (Lipinski definition) is 12. The van der Waals surface area contributed by atoms with Gasteiger partial charge in [0.15, 0.2) is 11.3 Å². The Labute approximate surface area is 403 Å². The molecule has 0 saturated carbocycles. The molecule has 362 valence electrons. The van der Waals surface area contributed by atoms with Gasteiger partial charge in [-0.2, -0.15) is 5.10 Å². The minimum Gasteiger partial charge on any atom is -0.477 e. The number of hydrogen-bond donors (Lipinski definition) is 4. The van der Waals surface area contributed by atoms with Crippen LogP contribution < -0.4 is 25.8 Å². The maximum absolute atomic E-state index is 14.0. The highest BCUT2D eigenvalue weighted by atomic mass is 16.4. The molecular formula is C51H56N12O7. The van der Waals surface area contributed by atoms with Gasteiger partial charge in [-0.25, -0.2) is 19.3 Å². The Morgan fingerprint density at radius 1 is 0.829 bits per heavy atom. The highest BCUT2D eigenvalue weighted by molar-refractivity contribution is 6.03. The molecule has 3 atom stereocenters. The molecule has 4 saturated heterocycles. The first-order chi connectivity index (χ1) is 33.6. The van der Waals surface area contributed by atoms with Crippen LogP contribution in [0.3, 0.4) is 0 Å². The Morgan fingerprint density at radius 3 is 2.33 bits per heavy atom. The summed E-state index contributed by atoms with van der Waals surface area (Å²) in [4.78, 5) is 91.7. The molecule has 19 heteroatoms. The van der Waals surface area contributed by atoms with Gasteiger partial charge in [0.05, 0.1) is 29.0 Å². The van der Waals surface area contributed by atoms with Crippen LogP contribution in [0.5, 0.6) is 0 Å². The van der Waals surface area contributed by atoms with Crippen LogP contribution in [0.4, 0.5) is 22.9 Å². The van der Waals surface area contributed by atoms with E-state index < -0.39 is 11.9 Å². The van der Waals surface area contributed by atoms with Gasteiger partial charge in [-0.05, 0) is 86.9 Å². The Kier molecular flexibility index (Phi) is 12.1. The van der Waals surface area contributed by atoms with Crippen LogP contribution in [0.2, 0.25) is 0 Å². The van der Waals surface area contributed by atoms with E-state index in [1.165, 1.54) is 11.6 Å². The second-order valence-electron chi connectivity index (χ2n) is 19.8. The monoisotopic (exact) mass is 948 g/mol. The molecule has 0 aliphatic carbocycles. The van der Waals surface area contributed by atoms with Gasteiger partial charge in [0.25, 0.3) is 5.91 Å². The van der Waals surface area contributed by atoms with Gasteiger partial charge in [0.1, 0.15) is 5.82 Å². The number of carboxylic acids is 1. The van der Waals surface area contributed by atoms with Crippen molar-refractivity contribution in [3.63, 3.8) is 0 Å². The molecule has 6 aromatic rings. The van der Waals surface area contributed by atoms with Crippen molar-refractivity contribution in [1.82, 2.24) is 39.6 Å². The first-order valence-electron chi connectivity index (χ1n) is 24.0. The number of aromatic nitrogens is 6. The first kappa shape index (κ1) is 46.1. The van der Waals surface area contributed by atoms with Crippen molar-refractivity contribution >= 4 is 74.9 Å². The third-order valence-corrected chi connectivity index (χ3v) is 14.7. The lowest BCUT2D eigenvalue weighted by Gasteiger charge is -2.26. The van der Waals surface area contributed by atoms with Gasteiger partial charge in [-0.15, -0.1) is 5.10 Å². The molecule has 0 radical (unpaired) electrons. The zero-order valence-corrected chi connectivity index (χ0v) is 39.5. The van der Waals surface area contributed by atoms with Crippen molar-refractivity contribution in [2.75, 3.05) is 59.7 Å². The van der Waals surface area contributed by atoms with Crippen LogP contribution in [0.1, 0.15) is 109 Å². The van der Waals surface area contributed by atoms with E-state index in [1.807, 2.05) is 35.1 Å². The molecule has 70 heavy (non-hydrogen) atoms. The molecule has 4 aromatic heterocycles. The predicted molar refractivity (Wildman–Crippen MR) is 261 cm³/mol. The van der Waals surface area contributed by atoms with Gasteiger partial charge in [0, 0.05) is 99.2 Å². The molecule has 10 rings (SSSR count). The van der Waals surface area contributed by atoms with E-state index in [-0.39, 0.29) is 71.1 Å². The van der Waals surface area contributed by atoms with Gasteiger partial charge in [0.2, 0.25) is 29.5 Å². The number of pyridine rings is 2. The molecule has 0 bridgehead atoms. The van der Waals surface area contributed by atoms with E-state index in [0.717, 1.165) is 54.5 Å². The van der Waals surface area contributed by atoms with Crippen molar-refractivity contribution in [3.05, 3.63) is 101 Å². The van der Waals surface area contributed by atoms with E-state index >= 15 is 0 Å². The number of amides is 5. The van der Waals surface area contributed by atoms with E-state index in [1.54, 1.807) is 34.4 Å². The number of carbonyl (C=O) groups excluding carboxylic acids is 5. The lowest BCUT2D eigenvalue weighted by molar-refractivity contribution is -0.134. The molecule has 4 fully saturated rings. The van der Waals surface area contributed by atoms with Crippen molar-refractivity contribution in [2.45, 2.75) is 83.0 Å². The Morgan fingerprint density at radius 2 is 1.57 bits per heavy atom. The summed E-state index contributed by atoms with van der Waals surface area (Å²) in [5.41, 5.74) is 5.76. The van der Waals surface area contributed by atoms with Crippen molar-refractivity contribution < 1.29 is 33.9 Å². The molecule has 1 spiro atoms. The number of rotatable bonds is 13. The summed E-state index contributed by atoms with van der Waals surface area (Å²) in [5.74, 6) is -2.59. The summed E-state index contributed by atoms with van der Waals surface area (Å²) >= 11 is 0. The number of nitrogens with zero attached hydrogens (tertiary/aromatic N) is 9. The average molecular weight is 949 g/mol. The van der Waals surface area contributed by atoms with Crippen molar-refractivity contribution in [3.8, 4) is 0 Å². The van der Waals surface area contributed by atoms with E-state index in [9.17, 15) is 33.9 Å². The number of imide groups is 1. The van der Waals surface area contributed by atoms with Crippen LogP contribution >= 0.6 is 0 Å². The van der Waals surface area contributed by atoms with Gasteiger partial charge in [-0.3, -0.25) is 34.0 Å². The molecule has 4 aliphatic heterocycles. The number of anilines is 4. The predicted octanol–water partition coefficient (Wildman–Crippen LogP) is 5.59. The summed E-state index contributed by atoms with van der Waals surface area (Å²) in [7, 11) is 1.76. The average Bonchev–Trinajstić information content (AvgIpc) is 4.20. The topological polar surface area (TPSA) is 229 Å². The van der Waals surface area contributed by atoms with Crippen LogP contribution in [0.25, 0.3) is 16.6 Å². The number of piperidine rings is 1. The zero-order chi connectivity index (χ0) is 48.9. The van der Waals surface area contributed by atoms with Gasteiger partial charge in [-0.1, -0.05) is 37.3 Å². The number of nitrogens with one attached hydrogen (secondary N) is 3. The minimum absolute atomic E-state index is 0.0340. The molecule has 2 aromatic carbocycles. The Bertz CT molecular complexity index is 3100. The summed E-state index contributed by atoms with van der Waals surface area (Å²) in [6.07, 6.45) is 6.30. The molecule has 4 aliphatic rings. The summed E-state index contributed by atoms with van der Waals surface area (Å²) < 4.78 is 3.38. The smallest absolute Gasteiger partial charge is 0.354 e. The third kappa shape index (κ3) is 9.14. The molecule has 19 nitrogen and oxygen atoms in total. The van der Waals surface area contributed by atoms with Gasteiger partial charge < -0.3 is 30.4 Å². The standard InChI is InChI=1S/C51H56N12O7/c1-31-23-35(60-20-17-50(2,28-60)32-9-5-4-6-10-32)27-63-46(31)56-45(58-63)48(68)62-22-19-51(30-62)18-21-61(29-51)40-26-34(24-38(54-40)49(69)70)53-42(65)12-8-7-11-41(64)52-33-13-14-36-39(25-33)59(3)57-44(36)37-15-16-43(66)55-47(37)67/h4-6,9-10,13-14,23-27,37H,7-8,11-12,15-22,28-30H2,1-3H3,(H,52,64)(H,69,70)(H,53,54,65)(H,55,66,67)/t37?,50-,51+/m0/s1. The summed E-state index contributed by atoms with van der Waals surface area (Å²) in [6, 6.07) is 21.1.